The molecule has 0 saturated carbocycles. The van der Waals surface area contributed by atoms with E-state index in [0.717, 1.165) is 5.56 Å². The van der Waals surface area contributed by atoms with Crippen LogP contribution in [0.5, 0.6) is 17.2 Å². The molecule has 2 amide bonds. The standard InChI is InChI=1S/C25H25N3O5S/c1-15-7-5-8-16(11-15)23(29)26-18-9-6-10-19(14-18)27-25(34)28-24(30)17-12-20(31-2)22(33-4)21(13-17)32-3/h5-14H,1-4H3,(H,26,29)(H2,27,28,30,34). The van der Waals surface area contributed by atoms with Crippen molar-refractivity contribution in [3.8, 4) is 17.2 Å². The van der Waals surface area contributed by atoms with Gasteiger partial charge in [0.05, 0.1) is 21.3 Å². The Morgan fingerprint density at radius 2 is 1.35 bits per heavy atom. The molecule has 0 bridgehead atoms. The Kier molecular flexibility index (Phi) is 8.05. The molecule has 0 saturated heterocycles. The third kappa shape index (κ3) is 6.02. The average Bonchev–Trinajstić information content (AvgIpc) is 2.83. The molecule has 0 aliphatic rings. The molecule has 0 aliphatic carbocycles. The lowest BCUT2D eigenvalue weighted by Gasteiger charge is -2.15. The summed E-state index contributed by atoms with van der Waals surface area (Å²) in [5.41, 5.74) is 3.01. The van der Waals surface area contributed by atoms with Gasteiger partial charge in [-0.05, 0) is 61.6 Å². The Labute approximate surface area is 203 Å². The first-order chi connectivity index (χ1) is 16.3. The number of carbonyl (C=O) groups is 2. The van der Waals surface area contributed by atoms with Crippen molar-refractivity contribution in [2.24, 2.45) is 0 Å². The number of rotatable bonds is 7. The van der Waals surface area contributed by atoms with E-state index in [1.807, 2.05) is 25.1 Å². The minimum absolute atomic E-state index is 0.0842. The number of methoxy groups -OCH3 is 3. The third-order valence-corrected chi connectivity index (χ3v) is 5.02. The summed E-state index contributed by atoms with van der Waals surface area (Å²) in [5, 5.41) is 8.50. The molecule has 0 atom stereocenters. The highest BCUT2D eigenvalue weighted by atomic mass is 32.1. The number of benzene rings is 3. The van der Waals surface area contributed by atoms with Gasteiger partial charge in [0.1, 0.15) is 0 Å². The Hall–Kier alpha value is -4.11. The van der Waals surface area contributed by atoms with Crippen molar-refractivity contribution in [3.63, 3.8) is 0 Å². The highest BCUT2D eigenvalue weighted by molar-refractivity contribution is 7.80. The molecule has 0 spiro atoms. The van der Waals surface area contributed by atoms with Gasteiger partial charge in [0.25, 0.3) is 11.8 Å². The predicted octanol–water partition coefficient (Wildman–Crippen LogP) is 4.40. The van der Waals surface area contributed by atoms with Gasteiger partial charge in [0.2, 0.25) is 5.75 Å². The van der Waals surface area contributed by atoms with Crippen LogP contribution >= 0.6 is 12.2 Å². The number of nitrogens with one attached hydrogen (secondary N) is 3. The van der Waals surface area contributed by atoms with Crippen molar-refractivity contribution in [2.75, 3.05) is 32.0 Å². The molecule has 3 rings (SSSR count). The summed E-state index contributed by atoms with van der Waals surface area (Å²) < 4.78 is 15.8. The van der Waals surface area contributed by atoms with Gasteiger partial charge in [0.15, 0.2) is 16.6 Å². The van der Waals surface area contributed by atoms with Crippen LogP contribution in [-0.2, 0) is 0 Å². The first kappa shape index (κ1) is 24.5. The molecule has 0 heterocycles. The van der Waals surface area contributed by atoms with Gasteiger partial charge in [0, 0.05) is 22.5 Å². The second-order valence-electron chi connectivity index (χ2n) is 7.23. The van der Waals surface area contributed by atoms with Crippen molar-refractivity contribution in [1.29, 1.82) is 0 Å². The van der Waals surface area contributed by atoms with Crippen molar-refractivity contribution >= 4 is 40.5 Å². The molecule has 8 nitrogen and oxygen atoms in total. The van der Waals surface area contributed by atoms with Gasteiger partial charge in [-0.25, -0.2) is 0 Å². The molecule has 176 valence electrons. The number of aryl methyl sites for hydroxylation is 1. The van der Waals surface area contributed by atoms with Crippen LogP contribution < -0.4 is 30.2 Å². The first-order valence-electron chi connectivity index (χ1n) is 10.2. The first-order valence-corrected chi connectivity index (χ1v) is 10.7. The van der Waals surface area contributed by atoms with Crippen LogP contribution in [0.2, 0.25) is 0 Å². The molecule has 3 aromatic carbocycles. The minimum Gasteiger partial charge on any atom is -0.493 e. The van der Waals surface area contributed by atoms with Crippen LogP contribution in [0.3, 0.4) is 0 Å². The van der Waals surface area contributed by atoms with Gasteiger partial charge >= 0.3 is 0 Å². The number of anilines is 2. The van der Waals surface area contributed by atoms with Gasteiger partial charge < -0.3 is 24.8 Å². The van der Waals surface area contributed by atoms with E-state index in [1.165, 1.54) is 33.5 Å². The van der Waals surface area contributed by atoms with Crippen molar-refractivity contribution in [1.82, 2.24) is 5.32 Å². The lowest BCUT2D eigenvalue weighted by Crippen LogP contribution is -2.34. The number of carbonyl (C=O) groups excluding carboxylic acids is 2. The molecule has 0 unspecified atom stereocenters. The van der Waals surface area contributed by atoms with Crippen molar-refractivity contribution in [2.45, 2.75) is 6.92 Å². The number of thiocarbonyl (C=S) groups is 1. The summed E-state index contributed by atoms with van der Waals surface area (Å²) in [7, 11) is 4.42. The van der Waals surface area contributed by atoms with Gasteiger partial charge in [-0.3, -0.25) is 14.9 Å². The van der Waals surface area contributed by atoms with Crippen molar-refractivity contribution in [3.05, 3.63) is 77.4 Å². The summed E-state index contributed by atoms with van der Waals surface area (Å²) in [6.45, 7) is 1.93. The summed E-state index contributed by atoms with van der Waals surface area (Å²) in [6, 6.07) is 17.4. The zero-order chi connectivity index (χ0) is 24.7. The van der Waals surface area contributed by atoms with E-state index in [9.17, 15) is 9.59 Å². The van der Waals surface area contributed by atoms with Gasteiger partial charge in [-0.2, -0.15) is 0 Å². The van der Waals surface area contributed by atoms with Crippen LogP contribution in [-0.4, -0.2) is 38.3 Å². The molecule has 0 fully saturated rings. The van der Waals surface area contributed by atoms with Crippen LogP contribution in [0.15, 0.2) is 60.7 Å². The smallest absolute Gasteiger partial charge is 0.257 e. The number of hydrogen-bond donors (Lipinski definition) is 3. The van der Waals surface area contributed by atoms with E-state index in [0.29, 0.717) is 34.2 Å². The van der Waals surface area contributed by atoms with E-state index in [1.54, 1.807) is 30.3 Å². The Balaban J connectivity index is 1.67. The highest BCUT2D eigenvalue weighted by Gasteiger charge is 2.18. The molecular formula is C25H25N3O5S. The second-order valence-corrected chi connectivity index (χ2v) is 7.63. The third-order valence-electron chi connectivity index (χ3n) is 4.81. The van der Waals surface area contributed by atoms with Gasteiger partial charge in [-0.15, -0.1) is 0 Å². The van der Waals surface area contributed by atoms with Crippen LogP contribution in [0.4, 0.5) is 11.4 Å². The second kappa shape index (κ2) is 11.2. The van der Waals surface area contributed by atoms with E-state index >= 15 is 0 Å². The van der Waals surface area contributed by atoms with E-state index in [4.69, 9.17) is 26.4 Å². The van der Waals surface area contributed by atoms with Crippen LogP contribution in [0, 0.1) is 6.92 Å². The largest absolute Gasteiger partial charge is 0.493 e. The molecule has 0 radical (unpaired) electrons. The predicted molar refractivity (Wildman–Crippen MR) is 135 cm³/mol. The quantitative estimate of drug-likeness (QED) is 0.432. The maximum absolute atomic E-state index is 12.7. The van der Waals surface area contributed by atoms with Crippen LogP contribution in [0.25, 0.3) is 0 Å². The van der Waals surface area contributed by atoms with Crippen molar-refractivity contribution < 1.29 is 23.8 Å². The number of amides is 2. The summed E-state index contributed by atoms with van der Waals surface area (Å²) in [6.07, 6.45) is 0. The molecule has 9 heteroatoms. The maximum Gasteiger partial charge on any atom is 0.257 e. The highest BCUT2D eigenvalue weighted by Crippen LogP contribution is 2.38. The maximum atomic E-state index is 12.7. The zero-order valence-electron chi connectivity index (χ0n) is 19.2. The van der Waals surface area contributed by atoms with Gasteiger partial charge in [-0.1, -0.05) is 23.8 Å². The summed E-state index contributed by atoms with van der Waals surface area (Å²) >= 11 is 5.29. The molecule has 3 N–H and O–H groups in total. The SMILES string of the molecule is COc1cc(C(=O)NC(=S)Nc2cccc(NC(=O)c3cccc(C)c3)c2)cc(OC)c1OC. The van der Waals surface area contributed by atoms with E-state index < -0.39 is 5.91 Å². The van der Waals surface area contributed by atoms with E-state index in [2.05, 4.69) is 16.0 Å². The average molecular weight is 480 g/mol. The molecule has 3 aromatic rings. The molecule has 0 aliphatic heterocycles. The normalized spacial score (nSPS) is 10.1. The Bertz CT molecular complexity index is 1200. The zero-order valence-corrected chi connectivity index (χ0v) is 20.0. The lowest BCUT2D eigenvalue weighted by molar-refractivity contribution is 0.0975. The van der Waals surface area contributed by atoms with Crippen LogP contribution in [0.1, 0.15) is 26.3 Å². The lowest BCUT2D eigenvalue weighted by atomic mass is 10.1. The van der Waals surface area contributed by atoms with E-state index in [-0.39, 0.29) is 16.6 Å². The number of ether oxygens (including phenoxy) is 3. The molecule has 0 aromatic heterocycles. The fraction of sp³-hybridized carbons (Fsp3) is 0.160. The summed E-state index contributed by atoms with van der Waals surface area (Å²) in [5.74, 6) is 0.400. The Morgan fingerprint density at radius 1 is 0.735 bits per heavy atom. The Morgan fingerprint density at radius 3 is 1.94 bits per heavy atom. The monoisotopic (exact) mass is 479 g/mol. The fourth-order valence-corrected chi connectivity index (χ4v) is 3.42. The number of hydrogen-bond acceptors (Lipinski definition) is 6. The molecular weight excluding hydrogens is 454 g/mol. The minimum atomic E-state index is -0.458. The fourth-order valence-electron chi connectivity index (χ4n) is 3.21. The molecule has 34 heavy (non-hydrogen) atoms. The summed E-state index contributed by atoms with van der Waals surface area (Å²) in [4.78, 5) is 25.2. The topological polar surface area (TPSA) is 97.9 Å².